The molecule has 3 nitrogen and oxygen atoms in total. The maximum absolute atomic E-state index is 12.0. The molecule has 0 saturated heterocycles. The zero-order valence-electron chi connectivity index (χ0n) is 11.3. The third-order valence-electron chi connectivity index (χ3n) is 4.32. The molecular formula is C16H19NO2. The quantitative estimate of drug-likeness (QED) is 0.654. The van der Waals surface area contributed by atoms with Gasteiger partial charge in [0.2, 0.25) is 0 Å². The highest BCUT2D eigenvalue weighted by molar-refractivity contribution is 5.83. The largest absolute Gasteiger partial charge is 0.467 e. The second kappa shape index (κ2) is 4.72. The molecule has 2 aliphatic rings. The van der Waals surface area contributed by atoms with Crippen molar-refractivity contribution in [3.63, 3.8) is 0 Å². The molecule has 0 unspecified atom stereocenters. The first-order valence-corrected chi connectivity index (χ1v) is 6.89. The minimum absolute atomic E-state index is 0.157. The van der Waals surface area contributed by atoms with Gasteiger partial charge >= 0.3 is 5.97 Å². The van der Waals surface area contributed by atoms with E-state index in [2.05, 4.69) is 42.6 Å². The van der Waals surface area contributed by atoms with E-state index in [9.17, 15) is 4.79 Å². The number of nitrogens with one attached hydrogen (secondary N) is 1. The van der Waals surface area contributed by atoms with Crippen molar-refractivity contribution in [2.75, 3.05) is 12.4 Å². The Morgan fingerprint density at radius 2 is 2.32 bits per heavy atom. The Hall–Kier alpha value is -1.77. The summed E-state index contributed by atoms with van der Waals surface area (Å²) in [7, 11) is 1.46. The highest BCUT2D eigenvalue weighted by Gasteiger charge is 2.41. The first-order chi connectivity index (χ1) is 9.26. The molecule has 3 heteroatoms. The Morgan fingerprint density at radius 3 is 3.05 bits per heavy atom. The lowest BCUT2D eigenvalue weighted by atomic mass is 9.78. The topological polar surface area (TPSA) is 38.3 Å². The molecule has 19 heavy (non-hydrogen) atoms. The molecule has 1 aromatic carbocycles. The minimum atomic E-state index is -0.231. The first kappa shape index (κ1) is 12.3. The number of carbonyl (C=O) groups is 1. The number of carbonyl (C=O) groups excluding carboxylic acids is 1. The Morgan fingerprint density at radius 1 is 1.47 bits per heavy atom. The number of hydrogen-bond acceptors (Lipinski definition) is 3. The number of para-hydroxylation sites is 1. The minimum Gasteiger partial charge on any atom is -0.467 e. The van der Waals surface area contributed by atoms with E-state index < -0.39 is 0 Å². The van der Waals surface area contributed by atoms with Crippen molar-refractivity contribution >= 4 is 11.7 Å². The third-order valence-corrected chi connectivity index (χ3v) is 4.32. The van der Waals surface area contributed by atoms with E-state index in [0.29, 0.717) is 5.92 Å². The van der Waals surface area contributed by atoms with Crippen molar-refractivity contribution in [2.24, 2.45) is 5.92 Å². The molecule has 100 valence electrons. The number of benzene rings is 1. The molecule has 0 aromatic heterocycles. The van der Waals surface area contributed by atoms with Gasteiger partial charge in [-0.25, -0.2) is 4.79 Å². The molecule has 3 rings (SSSR count). The summed E-state index contributed by atoms with van der Waals surface area (Å²) in [6.45, 7) is 2.14. The molecule has 0 spiro atoms. The van der Waals surface area contributed by atoms with Crippen molar-refractivity contribution in [2.45, 2.75) is 31.7 Å². The van der Waals surface area contributed by atoms with E-state index in [1.807, 2.05) is 0 Å². The second-order valence-corrected chi connectivity index (χ2v) is 5.23. The van der Waals surface area contributed by atoms with Crippen molar-refractivity contribution in [3.8, 4) is 0 Å². The summed E-state index contributed by atoms with van der Waals surface area (Å²) in [5, 5.41) is 3.42. The van der Waals surface area contributed by atoms with Crippen LogP contribution in [0.1, 0.15) is 30.4 Å². The summed E-state index contributed by atoms with van der Waals surface area (Å²) in [4.78, 5) is 12.0. The number of hydrogen-bond donors (Lipinski definition) is 1. The second-order valence-electron chi connectivity index (χ2n) is 5.23. The zero-order chi connectivity index (χ0) is 13.4. The fourth-order valence-electron chi connectivity index (χ4n) is 3.34. The molecule has 0 bridgehead atoms. The average molecular weight is 257 g/mol. The number of aryl methyl sites for hydroxylation is 1. The van der Waals surface area contributed by atoms with Gasteiger partial charge in [-0.15, -0.1) is 0 Å². The molecule has 1 aliphatic carbocycles. The van der Waals surface area contributed by atoms with Crippen LogP contribution in [0.5, 0.6) is 0 Å². The number of fused-ring (bicyclic) bond motifs is 3. The van der Waals surface area contributed by atoms with Crippen LogP contribution in [0.2, 0.25) is 0 Å². The van der Waals surface area contributed by atoms with E-state index in [1.54, 1.807) is 0 Å². The molecule has 0 radical (unpaired) electrons. The van der Waals surface area contributed by atoms with Crippen molar-refractivity contribution in [1.82, 2.24) is 0 Å². The molecule has 0 amide bonds. The Balaban J connectivity index is 2.07. The number of rotatable bonds is 2. The van der Waals surface area contributed by atoms with Crippen LogP contribution in [0.15, 0.2) is 30.4 Å². The molecule has 1 N–H and O–H groups in total. The van der Waals surface area contributed by atoms with Gasteiger partial charge in [-0.05, 0) is 24.0 Å². The zero-order valence-corrected chi connectivity index (χ0v) is 11.3. The smallest absolute Gasteiger partial charge is 0.328 e. The highest BCUT2D eigenvalue weighted by Crippen LogP contribution is 2.45. The maximum atomic E-state index is 12.0. The predicted octanol–water partition coefficient (Wildman–Crippen LogP) is 2.88. The van der Waals surface area contributed by atoms with E-state index in [4.69, 9.17) is 4.74 Å². The number of allylic oxidation sites excluding steroid dienone is 2. The van der Waals surface area contributed by atoms with E-state index in [1.165, 1.54) is 18.2 Å². The summed E-state index contributed by atoms with van der Waals surface area (Å²) >= 11 is 0. The fraction of sp³-hybridized carbons (Fsp3) is 0.438. The van der Waals surface area contributed by atoms with Crippen molar-refractivity contribution in [3.05, 3.63) is 41.5 Å². The molecular weight excluding hydrogens is 238 g/mol. The van der Waals surface area contributed by atoms with Gasteiger partial charge in [-0.1, -0.05) is 37.3 Å². The van der Waals surface area contributed by atoms with Gasteiger partial charge in [0, 0.05) is 17.5 Å². The van der Waals surface area contributed by atoms with Crippen LogP contribution in [0.3, 0.4) is 0 Å². The van der Waals surface area contributed by atoms with E-state index in [0.717, 1.165) is 18.5 Å². The molecule has 3 atom stereocenters. The molecule has 0 saturated carbocycles. The molecule has 1 aromatic rings. The third kappa shape index (κ3) is 1.84. The first-order valence-electron chi connectivity index (χ1n) is 6.89. The van der Waals surface area contributed by atoms with Gasteiger partial charge in [0.1, 0.15) is 6.04 Å². The Labute approximate surface area is 113 Å². The summed E-state index contributed by atoms with van der Waals surface area (Å²) < 4.78 is 4.96. The standard InChI is InChI=1S/C16H19NO2/c1-3-10-6-4-8-12-11-7-5-9-13(11)15(16(18)19-2)17-14(10)12/h4-8,11,13,15,17H,3,9H2,1-2H3/t11-,13-,15+/m0/s1. The number of methoxy groups -OCH3 is 1. The number of anilines is 1. The van der Waals surface area contributed by atoms with Crippen molar-refractivity contribution in [1.29, 1.82) is 0 Å². The van der Waals surface area contributed by atoms with Gasteiger partial charge in [0.15, 0.2) is 0 Å². The van der Waals surface area contributed by atoms with Crippen LogP contribution in [-0.2, 0) is 16.0 Å². The van der Waals surface area contributed by atoms with Gasteiger partial charge in [0.05, 0.1) is 7.11 Å². The van der Waals surface area contributed by atoms with Gasteiger partial charge in [-0.2, -0.15) is 0 Å². The molecule has 1 heterocycles. The van der Waals surface area contributed by atoms with Crippen molar-refractivity contribution < 1.29 is 9.53 Å². The Kier molecular flexibility index (Phi) is 3.05. The van der Waals surface area contributed by atoms with Crippen LogP contribution in [0, 0.1) is 5.92 Å². The lowest BCUT2D eigenvalue weighted by Crippen LogP contribution is -2.42. The summed E-state index contributed by atoms with van der Waals surface area (Å²) in [5.41, 5.74) is 3.72. The van der Waals surface area contributed by atoms with E-state index >= 15 is 0 Å². The molecule has 0 fully saturated rings. The normalized spacial score (nSPS) is 27.4. The number of ether oxygens (including phenoxy) is 1. The van der Waals surface area contributed by atoms with Crippen LogP contribution in [0.25, 0.3) is 0 Å². The summed E-state index contributed by atoms with van der Waals surface area (Å²) in [6, 6.07) is 6.17. The lowest BCUT2D eigenvalue weighted by Gasteiger charge is -2.36. The SMILES string of the molecule is CCc1cccc2c1N[C@@H](C(=O)OC)[C@H]1CC=C[C@@H]21. The van der Waals surface area contributed by atoms with Gasteiger partial charge in [0.25, 0.3) is 0 Å². The maximum Gasteiger partial charge on any atom is 0.328 e. The molecule has 1 aliphatic heterocycles. The summed E-state index contributed by atoms with van der Waals surface area (Å²) in [5.74, 6) is 0.467. The van der Waals surface area contributed by atoms with Crippen LogP contribution < -0.4 is 5.32 Å². The summed E-state index contributed by atoms with van der Waals surface area (Å²) in [6.07, 6.45) is 6.32. The fourth-order valence-corrected chi connectivity index (χ4v) is 3.34. The van der Waals surface area contributed by atoms with Crippen LogP contribution in [0.4, 0.5) is 5.69 Å². The average Bonchev–Trinajstić information content (AvgIpc) is 2.94. The van der Waals surface area contributed by atoms with Gasteiger partial charge < -0.3 is 10.1 Å². The number of esters is 1. The lowest BCUT2D eigenvalue weighted by molar-refractivity contribution is -0.142. The Bertz CT molecular complexity index is 536. The van der Waals surface area contributed by atoms with Crippen LogP contribution >= 0.6 is 0 Å². The van der Waals surface area contributed by atoms with Crippen LogP contribution in [-0.4, -0.2) is 19.1 Å². The van der Waals surface area contributed by atoms with Gasteiger partial charge in [-0.3, -0.25) is 0 Å². The highest BCUT2D eigenvalue weighted by atomic mass is 16.5. The van der Waals surface area contributed by atoms with E-state index in [-0.39, 0.29) is 17.9 Å². The monoisotopic (exact) mass is 257 g/mol. The predicted molar refractivity (Wildman–Crippen MR) is 75.2 cm³/mol.